The second-order valence-corrected chi connectivity index (χ2v) is 7.03. The fourth-order valence-electron chi connectivity index (χ4n) is 3.53. The minimum absolute atomic E-state index is 0.0492. The van der Waals surface area contributed by atoms with Crippen molar-refractivity contribution in [1.29, 1.82) is 0 Å². The van der Waals surface area contributed by atoms with Crippen LogP contribution in [0.1, 0.15) is 31.4 Å². The lowest BCUT2D eigenvalue weighted by atomic mass is 9.76. The highest BCUT2D eigenvalue weighted by Gasteiger charge is 2.45. The van der Waals surface area contributed by atoms with E-state index in [1.165, 1.54) is 7.11 Å². The first kappa shape index (κ1) is 18.1. The summed E-state index contributed by atoms with van der Waals surface area (Å²) >= 11 is 0. The molecule has 0 N–H and O–H groups in total. The largest absolute Gasteiger partial charge is 0.468 e. The Bertz CT molecular complexity index is 767. The average Bonchev–Trinajstić information content (AvgIpc) is 3.12. The Morgan fingerprint density at radius 2 is 1.58 bits per heavy atom. The number of carbonyl (C=O) groups is 1. The van der Waals surface area contributed by atoms with Crippen molar-refractivity contribution in [2.24, 2.45) is 16.3 Å². The van der Waals surface area contributed by atoms with E-state index in [0.29, 0.717) is 6.42 Å². The van der Waals surface area contributed by atoms with Crippen molar-refractivity contribution in [3.05, 3.63) is 83.9 Å². The molecule has 0 aromatic heterocycles. The van der Waals surface area contributed by atoms with E-state index in [1.54, 1.807) is 0 Å². The molecule has 0 fully saturated rings. The van der Waals surface area contributed by atoms with Crippen molar-refractivity contribution < 1.29 is 9.53 Å². The molecule has 0 heterocycles. The molecule has 134 valence electrons. The zero-order valence-corrected chi connectivity index (χ0v) is 15.6. The van der Waals surface area contributed by atoms with Crippen molar-refractivity contribution in [3.63, 3.8) is 0 Å². The smallest absolute Gasteiger partial charge is 0.316 e. The van der Waals surface area contributed by atoms with E-state index < -0.39 is 5.41 Å². The molecule has 2 aromatic carbocycles. The normalized spacial score (nSPS) is 21.6. The fraction of sp³-hybridized carbons (Fsp3) is 0.304. The predicted octanol–water partition coefficient (Wildman–Crippen LogP) is 4.67. The lowest BCUT2D eigenvalue weighted by Gasteiger charge is -2.29. The van der Waals surface area contributed by atoms with Gasteiger partial charge in [-0.25, -0.2) is 0 Å². The van der Waals surface area contributed by atoms with E-state index in [2.05, 4.69) is 38.1 Å². The van der Waals surface area contributed by atoms with Crippen LogP contribution >= 0.6 is 0 Å². The average molecular weight is 347 g/mol. The number of nitrogens with zero attached hydrogens (tertiary/aromatic N) is 1. The standard InChI is InChI=1S/C23H25NO2/c1-17(2)23(22(25)26-3)15-14-20(16-23)24-21(18-10-6-4-7-11-18)19-12-8-5-9-13-19/h4-15,17,20H,16H2,1-3H3/t20-,23-/m1/s1. The van der Waals surface area contributed by atoms with Crippen molar-refractivity contribution in [1.82, 2.24) is 0 Å². The lowest BCUT2D eigenvalue weighted by molar-refractivity contribution is -0.152. The SMILES string of the molecule is COC(=O)[C@]1(C(C)C)C=C[C@@H](N=C(c2ccccc2)c2ccccc2)C1. The molecule has 0 aliphatic heterocycles. The number of aliphatic imine (C=N–C) groups is 1. The van der Waals surface area contributed by atoms with Gasteiger partial charge in [0, 0.05) is 11.1 Å². The van der Waals surface area contributed by atoms with Crippen molar-refractivity contribution in [2.45, 2.75) is 26.3 Å². The topological polar surface area (TPSA) is 38.7 Å². The van der Waals surface area contributed by atoms with E-state index in [1.807, 2.05) is 48.6 Å². The third-order valence-corrected chi connectivity index (χ3v) is 5.15. The van der Waals surface area contributed by atoms with Crippen LogP contribution in [0.25, 0.3) is 0 Å². The molecule has 0 amide bonds. The minimum atomic E-state index is -0.596. The van der Waals surface area contributed by atoms with Gasteiger partial charge in [-0.1, -0.05) is 86.7 Å². The van der Waals surface area contributed by atoms with Crippen molar-refractivity contribution in [3.8, 4) is 0 Å². The van der Waals surface area contributed by atoms with Gasteiger partial charge in [-0.05, 0) is 12.3 Å². The third-order valence-electron chi connectivity index (χ3n) is 5.15. The Hall–Kier alpha value is -2.68. The van der Waals surface area contributed by atoms with E-state index in [0.717, 1.165) is 16.8 Å². The van der Waals surface area contributed by atoms with Gasteiger partial charge in [0.25, 0.3) is 0 Å². The Morgan fingerprint density at radius 3 is 2.04 bits per heavy atom. The van der Waals surface area contributed by atoms with E-state index in [-0.39, 0.29) is 17.9 Å². The van der Waals surface area contributed by atoms with Crippen LogP contribution in [-0.2, 0) is 9.53 Å². The highest BCUT2D eigenvalue weighted by Crippen LogP contribution is 2.41. The molecule has 0 unspecified atom stereocenters. The van der Waals surface area contributed by atoms with Crippen LogP contribution in [0.3, 0.4) is 0 Å². The predicted molar refractivity (Wildman–Crippen MR) is 105 cm³/mol. The van der Waals surface area contributed by atoms with Gasteiger partial charge in [0.1, 0.15) is 0 Å². The van der Waals surface area contributed by atoms with Gasteiger partial charge in [0.05, 0.1) is 24.3 Å². The molecule has 3 nitrogen and oxygen atoms in total. The quantitative estimate of drug-likeness (QED) is 0.448. The summed E-state index contributed by atoms with van der Waals surface area (Å²) in [5.41, 5.74) is 2.51. The van der Waals surface area contributed by atoms with Crippen LogP contribution in [0.4, 0.5) is 0 Å². The number of benzene rings is 2. The molecule has 0 spiro atoms. The molecule has 0 radical (unpaired) electrons. The summed E-state index contributed by atoms with van der Waals surface area (Å²) in [5.74, 6) is -0.0225. The van der Waals surface area contributed by atoms with Crippen LogP contribution in [-0.4, -0.2) is 24.8 Å². The number of esters is 1. The monoisotopic (exact) mass is 347 g/mol. The van der Waals surface area contributed by atoms with Crippen LogP contribution in [0.5, 0.6) is 0 Å². The maximum atomic E-state index is 12.4. The number of ether oxygens (including phenoxy) is 1. The molecule has 2 atom stereocenters. The summed E-state index contributed by atoms with van der Waals surface area (Å²) in [5, 5.41) is 0. The van der Waals surface area contributed by atoms with Gasteiger partial charge in [0.2, 0.25) is 0 Å². The summed E-state index contributed by atoms with van der Waals surface area (Å²) in [6.45, 7) is 4.12. The molecule has 1 aliphatic rings. The molecule has 3 heteroatoms. The molecule has 3 rings (SSSR count). The second kappa shape index (κ2) is 7.69. The van der Waals surface area contributed by atoms with Gasteiger partial charge in [-0.2, -0.15) is 0 Å². The summed E-state index contributed by atoms with van der Waals surface area (Å²) in [4.78, 5) is 17.5. The summed E-state index contributed by atoms with van der Waals surface area (Å²) in [6, 6.07) is 20.3. The minimum Gasteiger partial charge on any atom is -0.468 e. The number of hydrogen-bond acceptors (Lipinski definition) is 3. The molecule has 26 heavy (non-hydrogen) atoms. The highest BCUT2D eigenvalue weighted by atomic mass is 16.5. The maximum absolute atomic E-state index is 12.4. The van der Waals surface area contributed by atoms with Crippen LogP contribution in [0.15, 0.2) is 77.8 Å². The molecular formula is C23H25NO2. The Labute approximate surface area is 155 Å². The Morgan fingerprint density at radius 1 is 1.04 bits per heavy atom. The molecular weight excluding hydrogens is 322 g/mol. The van der Waals surface area contributed by atoms with Gasteiger partial charge >= 0.3 is 5.97 Å². The number of rotatable bonds is 5. The van der Waals surface area contributed by atoms with Crippen molar-refractivity contribution in [2.75, 3.05) is 7.11 Å². The molecule has 2 aromatic rings. The van der Waals surface area contributed by atoms with E-state index >= 15 is 0 Å². The van der Waals surface area contributed by atoms with Gasteiger partial charge < -0.3 is 4.74 Å². The molecule has 0 saturated carbocycles. The van der Waals surface area contributed by atoms with Gasteiger partial charge in [-0.3, -0.25) is 9.79 Å². The number of carbonyl (C=O) groups excluding carboxylic acids is 1. The molecule has 0 bridgehead atoms. The van der Waals surface area contributed by atoms with Gasteiger partial charge in [0.15, 0.2) is 0 Å². The zero-order chi connectivity index (χ0) is 18.6. The Kier molecular flexibility index (Phi) is 5.36. The first-order valence-electron chi connectivity index (χ1n) is 9.03. The van der Waals surface area contributed by atoms with E-state index in [9.17, 15) is 4.79 Å². The number of hydrogen-bond donors (Lipinski definition) is 0. The van der Waals surface area contributed by atoms with Gasteiger partial charge in [-0.15, -0.1) is 0 Å². The van der Waals surface area contributed by atoms with Crippen LogP contribution < -0.4 is 0 Å². The summed E-state index contributed by atoms with van der Waals surface area (Å²) in [7, 11) is 1.45. The fourth-order valence-corrected chi connectivity index (χ4v) is 3.53. The summed E-state index contributed by atoms with van der Waals surface area (Å²) in [6.07, 6.45) is 4.68. The first-order chi connectivity index (χ1) is 12.6. The second-order valence-electron chi connectivity index (χ2n) is 7.03. The molecule has 0 saturated heterocycles. The third kappa shape index (κ3) is 3.48. The van der Waals surface area contributed by atoms with Crippen LogP contribution in [0.2, 0.25) is 0 Å². The van der Waals surface area contributed by atoms with Crippen molar-refractivity contribution >= 4 is 11.7 Å². The first-order valence-corrected chi connectivity index (χ1v) is 9.03. The highest BCUT2D eigenvalue weighted by molar-refractivity contribution is 6.13. The van der Waals surface area contributed by atoms with E-state index in [4.69, 9.17) is 9.73 Å². The Balaban J connectivity index is 1.98. The van der Waals surface area contributed by atoms with Crippen LogP contribution in [0, 0.1) is 11.3 Å². The zero-order valence-electron chi connectivity index (χ0n) is 15.6. The number of methoxy groups -OCH3 is 1. The maximum Gasteiger partial charge on any atom is 0.316 e. The molecule has 1 aliphatic carbocycles. The lowest BCUT2D eigenvalue weighted by Crippen LogP contribution is -2.35. The summed E-state index contributed by atoms with van der Waals surface area (Å²) < 4.78 is 5.08.